The second-order valence-corrected chi connectivity index (χ2v) is 8.79. The zero-order chi connectivity index (χ0) is 24.4. The van der Waals surface area contributed by atoms with Crippen molar-refractivity contribution in [3.8, 4) is 5.75 Å². The first-order valence-electron chi connectivity index (χ1n) is 11.3. The number of amides is 2. The summed E-state index contributed by atoms with van der Waals surface area (Å²) in [4.78, 5) is 30.3. The van der Waals surface area contributed by atoms with Crippen molar-refractivity contribution in [3.05, 3.63) is 89.6 Å². The Balaban J connectivity index is 1.75. The number of imide groups is 1. The van der Waals surface area contributed by atoms with Gasteiger partial charge in [-0.25, -0.2) is 4.90 Å². The highest BCUT2D eigenvalue weighted by Crippen LogP contribution is 2.34. The van der Waals surface area contributed by atoms with Crippen LogP contribution >= 0.6 is 0 Å². The van der Waals surface area contributed by atoms with Gasteiger partial charge in [0.15, 0.2) is 0 Å². The van der Waals surface area contributed by atoms with Crippen LogP contribution in [0.15, 0.2) is 78.5 Å². The summed E-state index contributed by atoms with van der Waals surface area (Å²) in [5.74, 6) is -0.0397. The van der Waals surface area contributed by atoms with Gasteiger partial charge in [-0.05, 0) is 74.9 Å². The van der Waals surface area contributed by atoms with E-state index in [-0.39, 0.29) is 23.6 Å². The first-order valence-corrected chi connectivity index (χ1v) is 11.3. The van der Waals surface area contributed by atoms with Crippen molar-refractivity contribution in [2.45, 2.75) is 26.9 Å². The molecule has 4 rings (SSSR count). The summed E-state index contributed by atoms with van der Waals surface area (Å²) in [6.07, 6.45) is 0.0409. The molecule has 3 aromatic carbocycles. The third-order valence-electron chi connectivity index (χ3n) is 5.54. The van der Waals surface area contributed by atoms with E-state index in [9.17, 15) is 9.59 Å². The van der Waals surface area contributed by atoms with Crippen LogP contribution in [-0.4, -0.2) is 32.0 Å². The molecule has 0 fully saturated rings. The average Bonchev–Trinajstić information content (AvgIpc) is 3.04. The Morgan fingerprint density at radius 1 is 0.824 bits per heavy atom. The number of nitrogens with zero attached hydrogens (tertiary/aromatic N) is 2. The molecule has 0 spiro atoms. The van der Waals surface area contributed by atoms with Crippen LogP contribution in [0.5, 0.6) is 5.75 Å². The quantitative estimate of drug-likeness (QED) is 0.494. The van der Waals surface area contributed by atoms with Crippen molar-refractivity contribution < 1.29 is 14.3 Å². The molecule has 0 saturated heterocycles. The highest BCUT2D eigenvalue weighted by Gasteiger charge is 2.40. The molecule has 1 N–H and O–H groups in total. The van der Waals surface area contributed by atoms with Crippen LogP contribution < -0.4 is 19.9 Å². The van der Waals surface area contributed by atoms with Crippen molar-refractivity contribution in [2.75, 3.05) is 29.2 Å². The number of rotatable bonds is 7. The lowest BCUT2D eigenvalue weighted by Crippen LogP contribution is -2.32. The number of carbonyl (C=O) groups excluding carboxylic acids is 2. The van der Waals surface area contributed by atoms with Crippen LogP contribution in [0.1, 0.15) is 25.0 Å². The van der Waals surface area contributed by atoms with Crippen molar-refractivity contribution in [1.82, 2.24) is 0 Å². The van der Waals surface area contributed by atoms with Crippen LogP contribution in [0.2, 0.25) is 0 Å². The topological polar surface area (TPSA) is 61.9 Å². The molecule has 0 aromatic heterocycles. The number of aryl methyl sites for hydroxylation is 1. The van der Waals surface area contributed by atoms with Gasteiger partial charge in [0, 0.05) is 25.5 Å². The summed E-state index contributed by atoms with van der Waals surface area (Å²) in [5, 5.41) is 3.21. The predicted molar refractivity (Wildman–Crippen MR) is 137 cm³/mol. The number of carbonyl (C=O) groups is 2. The van der Waals surface area contributed by atoms with E-state index in [1.165, 1.54) is 4.90 Å². The summed E-state index contributed by atoms with van der Waals surface area (Å²) < 4.78 is 5.74. The normalized spacial score (nSPS) is 13.6. The van der Waals surface area contributed by atoms with Gasteiger partial charge in [-0.3, -0.25) is 9.59 Å². The summed E-state index contributed by atoms with van der Waals surface area (Å²) >= 11 is 0. The SMILES string of the molecule is Cc1ccc(N2C(=O)C(Nc3ccc(N(C)C)cc3)=C(c3ccc(OC(C)C)cc3)C2=O)cc1. The van der Waals surface area contributed by atoms with Crippen molar-refractivity contribution in [2.24, 2.45) is 0 Å². The Morgan fingerprint density at radius 3 is 2.00 bits per heavy atom. The number of ether oxygens (including phenoxy) is 1. The molecule has 0 saturated carbocycles. The van der Waals surface area contributed by atoms with Crippen LogP contribution in [0.25, 0.3) is 5.57 Å². The van der Waals surface area contributed by atoms with Gasteiger partial charge in [0.25, 0.3) is 11.8 Å². The van der Waals surface area contributed by atoms with Crippen molar-refractivity contribution >= 4 is 34.4 Å². The monoisotopic (exact) mass is 455 g/mol. The lowest BCUT2D eigenvalue weighted by molar-refractivity contribution is -0.120. The maximum Gasteiger partial charge on any atom is 0.282 e. The number of nitrogens with one attached hydrogen (secondary N) is 1. The lowest BCUT2D eigenvalue weighted by atomic mass is 10.0. The minimum atomic E-state index is -0.386. The molecule has 0 unspecified atom stereocenters. The Labute approximate surface area is 200 Å². The molecule has 1 heterocycles. The first kappa shape index (κ1) is 23.1. The van der Waals surface area contributed by atoms with E-state index in [1.807, 2.05) is 100 Å². The van der Waals surface area contributed by atoms with Gasteiger partial charge in [-0.15, -0.1) is 0 Å². The van der Waals surface area contributed by atoms with Gasteiger partial charge in [0.05, 0.1) is 17.4 Å². The van der Waals surface area contributed by atoms with Crippen LogP contribution in [0, 0.1) is 6.92 Å². The second-order valence-electron chi connectivity index (χ2n) is 8.79. The molecule has 0 aliphatic carbocycles. The Hall–Kier alpha value is -4.06. The summed E-state index contributed by atoms with van der Waals surface area (Å²) in [7, 11) is 3.93. The zero-order valence-corrected chi connectivity index (χ0v) is 20.1. The van der Waals surface area contributed by atoms with Gasteiger partial charge < -0.3 is 15.0 Å². The fraction of sp³-hybridized carbons (Fsp3) is 0.214. The lowest BCUT2D eigenvalue weighted by Gasteiger charge is -2.16. The smallest absolute Gasteiger partial charge is 0.282 e. The largest absolute Gasteiger partial charge is 0.491 e. The average molecular weight is 456 g/mol. The summed E-state index contributed by atoms with van der Waals surface area (Å²) in [5.41, 5.74) is 4.59. The molecule has 2 amide bonds. The van der Waals surface area contributed by atoms with Crippen LogP contribution in [-0.2, 0) is 9.59 Å². The Kier molecular flexibility index (Phi) is 6.41. The van der Waals surface area contributed by atoms with Crippen LogP contribution in [0.4, 0.5) is 17.1 Å². The molecule has 0 radical (unpaired) electrons. The molecule has 1 aliphatic rings. The van der Waals surface area contributed by atoms with Crippen molar-refractivity contribution in [3.63, 3.8) is 0 Å². The molecular weight excluding hydrogens is 426 g/mol. The van der Waals surface area contributed by atoms with Gasteiger partial charge in [-0.2, -0.15) is 0 Å². The standard InChI is InChI=1S/C28H29N3O3/c1-18(2)34-24-16-8-20(9-17-24)25-26(29-21-10-14-22(15-11-21)30(4)5)28(33)31(27(25)32)23-12-6-19(3)7-13-23/h6-18,29H,1-5H3. The van der Waals surface area contributed by atoms with Crippen LogP contribution in [0.3, 0.4) is 0 Å². The Bertz CT molecular complexity index is 1230. The van der Waals surface area contributed by atoms with E-state index in [1.54, 1.807) is 12.1 Å². The minimum absolute atomic E-state index is 0.0409. The fourth-order valence-corrected chi connectivity index (χ4v) is 3.80. The number of hydrogen-bond donors (Lipinski definition) is 1. The minimum Gasteiger partial charge on any atom is -0.491 e. The van der Waals surface area contributed by atoms with Gasteiger partial charge >= 0.3 is 0 Å². The molecule has 0 atom stereocenters. The maximum absolute atomic E-state index is 13.6. The molecule has 3 aromatic rings. The summed E-state index contributed by atoms with van der Waals surface area (Å²) in [6.45, 7) is 5.88. The van der Waals surface area contributed by atoms with E-state index < -0.39 is 0 Å². The van der Waals surface area contributed by atoms with E-state index in [4.69, 9.17) is 4.74 Å². The Morgan fingerprint density at radius 2 is 1.44 bits per heavy atom. The highest BCUT2D eigenvalue weighted by atomic mass is 16.5. The molecule has 6 nitrogen and oxygen atoms in total. The number of anilines is 3. The second kappa shape index (κ2) is 9.43. The molecule has 0 bridgehead atoms. The fourth-order valence-electron chi connectivity index (χ4n) is 3.80. The molecule has 1 aliphatic heterocycles. The maximum atomic E-state index is 13.6. The highest BCUT2D eigenvalue weighted by molar-refractivity contribution is 6.46. The number of hydrogen-bond acceptors (Lipinski definition) is 5. The van der Waals surface area contributed by atoms with E-state index in [2.05, 4.69) is 5.32 Å². The van der Waals surface area contributed by atoms with E-state index >= 15 is 0 Å². The van der Waals surface area contributed by atoms with E-state index in [0.717, 1.165) is 16.9 Å². The third kappa shape index (κ3) is 4.66. The zero-order valence-electron chi connectivity index (χ0n) is 20.1. The number of benzene rings is 3. The van der Waals surface area contributed by atoms with E-state index in [0.29, 0.717) is 22.6 Å². The van der Waals surface area contributed by atoms with Crippen molar-refractivity contribution in [1.29, 1.82) is 0 Å². The third-order valence-corrected chi connectivity index (χ3v) is 5.54. The predicted octanol–water partition coefficient (Wildman–Crippen LogP) is 5.24. The van der Waals surface area contributed by atoms with Gasteiger partial charge in [0.2, 0.25) is 0 Å². The van der Waals surface area contributed by atoms with Gasteiger partial charge in [0.1, 0.15) is 11.4 Å². The first-order chi connectivity index (χ1) is 16.2. The van der Waals surface area contributed by atoms with Gasteiger partial charge in [-0.1, -0.05) is 29.8 Å². The molecule has 174 valence electrons. The summed E-state index contributed by atoms with van der Waals surface area (Å²) in [6, 6.07) is 22.3. The molecule has 6 heteroatoms. The molecule has 34 heavy (non-hydrogen) atoms. The molecular formula is C28H29N3O3.